The third kappa shape index (κ3) is 4.77. The molecular formula is C24H24Cl2N4O6S. The number of hydrogen-bond acceptors (Lipinski definition) is 6. The summed E-state index contributed by atoms with van der Waals surface area (Å²) in [6, 6.07) is 9.23. The highest BCUT2D eigenvalue weighted by atomic mass is 35.5. The third-order valence-corrected chi connectivity index (χ3v) is 9.28. The molecule has 1 amide bonds. The summed E-state index contributed by atoms with van der Waals surface area (Å²) in [5, 5.41) is 13.4. The van der Waals surface area contributed by atoms with E-state index in [9.17, 15) is 23.2 Å². The lowest BCUT2D eigenvalue weighted by molar-refractivity contribution is -0.133. The van der Waals surface area contributed by atoms with Crippen LogP contribution in [0.15, 0.2) is 52.2 Å². The van der Waals surface area contributed by atoms with Gasteiger partial charge in [-0.05, 0) is 55.7 Å². The molecular weight excluding hydrogens is 543 g/mol. The van der Waals surface area contributed by atoms with Crippen molar-refractivity contribution in [2.45, 2.75) is 49.3 Å². The van der Waals surface area contributed by atoms with E-state index in [1.807, 2.05) is 0 Å². The highest BCUT2D eigenvalue weighted by Gasteiger charge is 2.44. The van der Waals surface area contributed by atoms with Gasteiger partial charge in [-0.1, -0.05) is 29.3 Å². The van der Waals surface area contributed by atoms with Crippen LogP contribution in [-0.2, 0) is 27.8 Å². The minimum atomic E-state index is -4.22. The predicted molar refractivity (Wildman–Crippen MR) is 135 cm³/mol. The second-order valence-electron chi connectivity index (χ2n) is 9.00. The molecule has 1 saturated carbocycles. The number of sulfonamides is 1. The minimum Gasteiger partial charge on any atom is -0.489 e. The van der Waals surface area contributed by atoms with Crippen LogP contribution in [0.1, 0.15) is 48.2 Å². The zero-order valence-electron chi connectivity index (χ0n) is 19.5. The molecule has 1 atom stereocenters. The Kier molecular flexibility index (Phi) is 7.08. The molecule has 37 heavy (non-hydrogen) atoms. The lowest BCUT2D eigenvalue weighted by atomic mass is 9.93. The summed E-state index contributed by atoms with van der Waals surface area (Å²) in [6.45, 7) is 0.0991. The fourth-order valence-electron chi connectivity index (χ4n) is 4.61. The molecule has 0 radical (unpaired) electrons. The number of halogens is 2. The Balaban J connectivity index is 1.40. The molecule has 2 aliphatic rings. The van der Waals surface area contributed by atoms with E-state index < -0.39 is 27.5 Å². The van der Waals surface area contributed by atoms with Crippen molar-refractivity contribution in [2.75, 3.05) is 6.54 Å². The first-order valence-electron chi connectivity index (χ1n) is 11.7. The van der Waals surface area contributed by atoms with Crippen LogP contribution in [0.4, 0.5) is 0 Å². The maximum Gasteiger partial charge on any atom is 0.272 e. The predicted octanol–water partition coefficient (Wildman–Crippen LogP) is 3.58. The van der Waals surface area contributed by atoms with Gasteiger partial charge in [0.1, 0.15) is 18.4 Å². The van der Waals surface area contributed by atoms with Crippen LogP contribution in [0.3, 0.4) is 0 Å². The molecule has 10 nitrogen and oxygen atoms in total. The number of nitrogens with zero attached hydrogens (tertiary/aromatic N) is 2. The SMILES string of the molecule is O=C(NO)[C@H]1c2c([nH]n(C3CCC3)c2=O)CCN1S(=O)(=O)c1ccc(OCc2ccc(Cl)cc2Cl)cc1. The highest BCUT2D eigenvalue weighted by Crippen LogP contribution is 2.35. The van der Waals surface area contributed by atoms with Gasteiger partial charge in [0.15, 0.2) is 0 Å². The summed E-state index contributed by atoms with van der Waals surface area (Å²) in [4.78, 5) is 25.8. The number of carbonyl (C=O) groups is 1. The number of amides is 1. The first-order valence-corrected chi connectivity index (χ1v) is 13.9. The Morgan fingerprint density at radius 2 is 1.89 bits per heavy atom. The van der Waals surface area contributed by atoms with Crippen molar-refractivity contribution >= 4 is 39.1 Å². The molecule has 1 aromatic heterocycles. The minimum absolute atomic E-state index is 0.00343. The summed E-state index contributed by atoms with van der Waals surface area (Å²) >= 11 is 12.1. The number of fused-ring (bicyclic) bond motifs is 1. The normalized spacial score (nSPS) is 18.2. The maximum absolute atomic E-state index is 13.6. The van der Waals surface area contributed by atoms with Gasteiger partial charge in [-0.3, -0.25) is 19.9 Å². The van der Waals surface area contributed by atoms with Gasteiger partial charge in [-0.2, -0.15) is 4.31 Å². The van der Waals surface area contributed by atoms with Crippen molar-refractivity contribution < 1.29 is 23.2 Å². The largest absolute Gasteiger partial charge is 0.489 e. The van der Waals surface area contributed by atoms with Crippen molar-refractivity contribution in [3.8, 4) is 5.75 Å². The summed E-state index contributed by atoms with van der Waals surface area (Å²) in [5.41, 5.74) is 2.33. The molecule has 0 saturated heterocycles. The van der Waals surface area contributed by atoms with E-state index in [-0.39, 0.29) is 36.1 Å². The van der Waals surface area contributed by atoms with Crippen molar-refractivity contribution in [3.63, 3.8) is 0 Å². The van der Waals surface area contributed by atoms with E-state index in [2.05, 4.69) is 5.10 Å². The zero-order valence-corrected chi connectivity index (χ0v) is 21.8. The number of H-pyrrole nitrogens is 1. The molecule has 1 fully saturated rings. The Labute approximate surface area is 222 Å². The van der Waals surface area contributed by atoms with Gasteiger partial charge in [-0.15, -0.1) is 0 Å². The molecule has 5 rings (SSSR count). The van der Waals surface area contributed by atoms with E-state index in [4.69, 9.17) is 27.9 Å². The summed E-state index contributed by atoms with van der Waals surface area (Å²) in [6.07, 6.45) is 2.88. The van der Waals surface area contributed by atoms with Crippen LogP contribution in [0.5, 0.6) is 5.75 Å². The van der Waals surface area contributed by atoms with Crippen molar-refractivity contribution in [1.82, 2.24) is 19.6 Å². The summed E-state index contributed by atoms with van der Waals surface area (Å²) in [7, 11) is -4.22. The van der Waals surface area contributed by atoms with Crippen molar-refractivity contribution in [2.24, 2.45) is 0 Å². The number of nitrogens with one attached hydrogen (secondary N) is 2. The van der Waals surface area contributed by atoms with Gasteiger partial charge in [0, 0.05) is 34.3 Å². The monoisotopic (exact) mass is 566 g/mol. The average Bonchev–Trinajstić information content (AvgIpc) is 3.17. The number of carbonyl (C=O) groups excluding carboxylic acids is 1. The number of hydroxylamine groups is 1. The highest BCUT2D eigenvalue weighted by molar-refractivity contribution is 7.89. The summed E-state index contributed by atoms with van der Waals surface area (Å²) < 4.78 is 35.3. The van der Waals surface area contributed by atoms with E-state index in [1.165, 1.54) is 34.4 Å². The van der Waals surface area contributed by atoms with Gasteiger partial charge >= 0.3 is 0 Å². The number of ether oxygens (including phenoxy) is 1. The molecule has 3 N–H and O–H groups in total. The Hall–Kier alpha value is -2.83. The topological polar surface area (TPSA) is 134 Å². The quantitative estimate of drug-likeness (QED) is 0.295. The van der Waals surface area contributed by atoms with Gasteiger partial charge in [0.2, 0.25) is 10.0 Å². The van der Waals surface area contributed by atoms with Gasteiger partial charge in [-0.25, -0.2) is 18.6 Å². The van der Waals surface area contributed by atoms with Crippen LogP contribution in [0.2, 0.25) is 10.0 Å². The van der Waals surface area contributed by atoms with E-state index >= 15 is 0 Å². The standard InChI is InChI=1S/C24H24Cl2N4O6S/c25-15-5-4-14(19(26)12-15)13-36-17-6-8-18(9-7-17)37(34,35)29-11-10-20-21(22(29)23(31)28-33)24(32)30(27-20)16-2-1-3-16/h4-9,12,16,22,27,33H,1-3,10-11,13H2,(H,28,31)/t22-/m1/s1. The number of rotatable bonds is 7. The molecule has 1 aliphatic carbocycles. The first-order chi connectivity index (χ1) is 17.7. The smallest absolute Gasteiger partial charge is 0.272 e. The number of aromatic nitrogens is 2. The third-order valence-electron chi connectivity index (χ3n) is 6.81. The Morgan fingerprint density at radius 1 is 1.16 bits per heavy atom. The Morgan fingerprint density at radius 3 is 2.51 bits per heavy atom. The number of benzene rings is 2. The number of aromatic amines is 1. The molecule has 3 aromatic rings. The second kappa shape index (κ2) is 10.1. The molecule has 2 heterocycles. The number of hydrogen-bond donors (Lipinski definition) is 3. The molecule has 0 unspecified atom stereocenters. The molecule has 1 aliphatic heterocycles. The molecule has 196 valence electrons. The molecule has 0 bridgehead atoms. The van der Waals surface area contributed by atoms with Crippen LogP contribution >= 0.6 is 23.2 Å². The van der Waals surface area contributed by atoms with E-state index in [0.29, 0.717) is 27.1 Å². The molecule has 0 spiro atoms. The van der Waals surface area contributed by atoms with Crippen LogP contribution < -0.4 is 15.8 Å². The van der Waals surface area contributed by atoms with Crippen LogP contribution in [0.25, 0.3) is 0 Å². The molecule has 13 heteroatoms. The van der Waals surface area contributed by atoms with Gasteiger partial charge in [0.05, 0.1) is 16.5 Å². The maximum atomic E-state index is 13.6. The van der Waals surface area contributed by atoms with Crippen molar-refractivity contribution in [3.05, 3.63) is 79.7 Å². The second-order valence-corrected chi connectivity index (χ2v) is 11.7. The van der Waals surface area contributed by atoms with Crippen molar-refractivity contribution in [1.29, 1.82) is 0 Å². The first kappa shape index (κ1) is 25.8. The van der Waals surface area contributed by atoms with Gasteiger partial charge < -0.3 is 4.74 Å². The lowest BCUT2D eigenvalue weighted by Gasteiger charge is -2.32. The van der Waals surface area contributed by atoms with Crippen LogP contribution in [-0.4, -0.2) is 40.2 Å². The van der Waals surface area contributed by atoms with E-state index in [1.54, 1.807) is 18.2 Å². The van der Waals surface area contributed by atoms with Crippen LogP contribution in [0, 0.1) is 0 Å². The molecule has 2 aromatic carbocycles. The van der Waals surface area contributed by atoms with E-state index in [0.717, 1.165) is 23.6 Å². The Bertz CT molecular complexity index is 1500. The summed E-state index contributed by atoms with van der Waals surface area (Å²) in [5.74, 6) is -0.592. The zero-order chi connectivity index (χ0) is 26.3. The average molecular weight is 567 g/mol. The van der Waals surface area contributed by atoms with Gasteiger partial charge in [0.25, 0.3) is 11.5 Å². The fraction of sp³-hybridized carbons (Fsp3) is 0.333. The fourth-order valence-corrected chi connectivity index (χ4v) is 6.63. The lowest BCUT2D eigenvalue weighted by Crippen LogP contribution is -2.48.